The molecular formula is C17H12FN5O. The maximum Gasteiger partial charge on any atom is 0.189 e. The first-order chi connectivity index (χ1) is 11.6. The van der Waals surface area contributed by atoms with Crippen molar-refractivity contribution in [1.29, 1.82) is 5.26 Å². The third-order valence-electron chi connectivity index (χ3n) is 3.58. The summed E-state index contributed by atoms with van der Waals surface area (Å²) in [5.41, 5.74) is 1.08. The van der Waals surface area contributed by atoms with Crippen LogP contribution in [0, 0.1) is 24.1 Å². The maximum atomic E-state index is 13.0. The van der Waals surface area contributed by atoms with E-state index in [1.165, 1.54) is 23.0 Å². The smallest absolute Gasteiger partial charge is 0.189 e. The Bertz CT molecular complexity index is 912. The summed E-state index contributed by atoms with van der Waals surface area (Å²) >= 11 is 0. The molecule has 0 fully saturated rings. The zero-order valence-corrected chi connectivity index (χ0v) is 12.7. The molecule has 7 heteroatoms. The highest BCUT2D eigenvalue weighted by atomic mass is 19.1. The molecule has 0 radical (unpaired) electrons. The molecule has 3 rings (SSSR count). The summed E-state index contributed by atoms with van der Waals surface area (Å²) in [6.07, 6.45) is 4.01. The second kappa shape index (κ2) is 6.38. The first-order valence-corrected chi connectivity index (χ1v) is 7.13. The van der Waals surface area contributed by atoms with Gasteiger partial charge in [-0.05, 0) is 31.2 Å². The Balaban J connectivity index is 1.97. The highest BCUT2D eigenvalue weighted by Gasteiger charge is 2.26. The van der Waals surface area contributed by atoms with Gasteiger partial charge in [0, 0.05) is 6.20 Å². The molecule has 0 unspecified atom stereocenters. The second-order valence-electron chi connectivity index (χ2n) is 5.07. The summed E-state index contributed by atoms with van der Waals surface area (Å²) in [4.78, 5) is 20.7. The summed E-state index contributed by atoms with van der Waals surface area (Å²) in [5.74, 6) is -1.51. The van der Waals surface area contributed by atoms with E-state index in [0.29, 0.717) is 17.1 Å². The molecule has 6 nitrogen and oxygen atoms in total. The molecule has 3 heterocycles. The van der Waals surface area contributed by atoms with Crippen LogP contribution in [0.4, 0.5) is 4.39 Å². The van der Waals surface area contributed by atoms with E-state index in [1.54, 1.807) is 25.3 Å². The van der Waals surface area contributed by atoms with Gasteiger partial charge in [-0.1, -0.05) is 6.07 Å². The van der Waals surface area contributed by atoms with Crippen LogP contribution in [0.15, 0.2) is 48.9 Å². The minimum atomic E-state index is -1.12. The lowest BCUT2D eigenvalue weighted by Crippen LogP contribution is -2.14. The molecule has 0 bridgehead atoms. The van der Waals surface area contributed by atoms with Crippen LogP contribution in [0.5, 0.6) is 0 Å². The van der Waals surface area contributed by atoms with E-state index in [2.05, 4.69) is 15.1 Å². The fourth-order valence-corrected chi connectivity index (χ4v) is 2.33. The predicted octanol–water partition coefficient (Wildman–Crippen LogP) is 2.60. The van der Waals surface area contributed by atoms with Crippen molar-refractivity contribution >= 4 is 5.78 Å². The second-order valence-corrected chi connectivity index (χ2v) is 5.07. The number of aromatic nitrogens is 4. The van der Waals surface area contributed by atoms with Crippen molar-refractivity contribution in [3.05, 3.63) is 71.7 Å². The number of rotatable bonds is 4. The third-order valence-corrected chi connectivity index (χ3v) is 3.58. The van der Waals surface area contributed by atoms with Gasteiger partial charge in [0.25, 0.3) is 0 Å². The highest BCUT2D eigenvalue weighted by molar-refractivity contribution is 6.03. The summed E-state index contributed by atoms with van der Waals surface area (Å²) in [6.45, 7) is 1.72. The number of halogens is 1. The number of hydrogen-bond donors (Lipinski definition) is 0. The van der Waals surface area contributed by atoms with E-state index in [9.17, 15) is 14.4 Å². The number of Topliss-reactive ketones (excluding diaryl/α,β-unsaturated/α-hetero) is 1. The molecule has 0 aliphatic carbocycles. The highest BCUT2D eigenvalue weighted by Crippen LogP contribution is 2.22. The van der Waals surface area contributed by atoms with Gasteiger partial charge in [0.15, 0.2) is 17.5 Å². The molecule has 0 saturated carbocycles. The largest absolute Gasteiger partial charge is 0.292 e. The zero-order valence-electron chi connectivity index (χ0n) is 12.7. The minimum absolute atomic E-state index is 0.203. The van der Waals surface area contributed by atoms with Gasteiger partial charge < -0.3 is 0 Å². The van der Waals surface area contributed by atoms with E-state index in [1.807, 2.05) is 12.1 Å². The van der Waals surface area contributed by atoms with Gasteiger partial charge >= 0.3 is 0 Å². The number of carbonyl (C=O) groups is 1. The Hall–Kier alpha value is -3.40. The lowest BCUT2D eigenvalue weighted by molar-refractivity contribution is 0.0977. The summed E-state index contributed by atoms with van der Waals surface area (Å²) in [5, 5.41) is 13.5. The quantitative estimate of drug-likeness (QED) is 0.690. The van der Waals surface area contributed by atoms with Crippen LogP contribution < -0.4 is 0 Å². The van der Waals surface area contributed by atoms with Gasteiger partial charge in [-0.15, -0.1) is 0 Å². The molecule has 0 aliphatic heterocycles. The van der Waals surface area contributed by atoms with E-state index in [4.69, 9.17) is 0 Å². The molecule has 0 N–H and O–H groups in total. The fourth-order valence-electron chi connectivity index (χ4n) is 2.33. The van der Waals surface area contributed by atoms with Crippen LogP contribution >= 0.6 is 0 Å². The zero-order chi connectivity index (χ0) is 17.1. The van der Waals surface area contributed by atoms with Crippen molar-refractivity contribution < 1.29 is 9.18 Å². The normalized spacial score (nSPS) is 11.7. The van der Waals surface area contributed by atoms with Gasteiger partial charge in [-0.2, -0.15) is 10.4 Å². The number of nitriles is 1. The van der Waals surface area contributed by atoms with E-state index in [-0.39, 0.29) is 5.69 Å². The Morgan fingerprint density at radius 2 is 2.08 bits per heavy atom. The van der Waals surface area contributed by atoms with Gasteiger partial charge in [-0.25, -0.2) is 14.1 Å². The van der Waals surface area contributed by atoms with E-state index < -0.39 is 17.5 Å². The summed E-state index contributed by atoms with van der Waals surface area (Å²) in [6, 6.07) is 9.78. The molecular weight excluding hydrogens is 309 g/mol. The standard InChI is InChI=1S/C17H12FN5O/c1-11-14(10-22-23(11)16-4-2-3-7-20-16)17(24)13(8-19)15-6-5-12(18)9-21-15/h2-7,9-10,13H,1H3/t13-/m0/s1. The van der Waals surface area contributed by atoms with Crippen LogP contribution in [0.25, 0.3) is 5.82 Å². The SMILES string of the molecule is Cc1c(C(=O)[C@@H](C#N)c2ccc(F)cn2)cnn1-c1ccccn1. The molecule has 1 atom stereocenters. The first-order valence-electron chi connectivity index (χ1n) is 7.13. The number of pyridine rings is 2. The molecule has 0 aromatic carbocycles. The van der Waals surface area contributed by atoms with Crippen molar-refractivity contribution in [2.24, 2.45) is 0 Å². The fraction of sp³-hybridized carbons (Fsp3) is 0.118. The average Bonchev–Trinajstić information content (AvgIpc) is 2.99. The summed E-state index contributed by atoms with van der Waals surface area (Å²) in [7, 11) is 0. The first kappa shape index (κ1) is 15.5. The van der Waals surface area contributed by atoms with Crippen LogP contribution in [0.3, 0.4) is 0 Å². The Labute approximate surface area is 137 Å². The van der Waals surface area contributed by atoms with E-state index in [0.717, 1.165) is 6.20 Å². The van der Waals surface area contributed by atoms with Crippen LogP contribution in [0.1, 0.15) is 27.7 Å². The molecule has 0 amide bonds. The van der Waals surface area contributed by atoms with E-state index >= 15 is 0 Å². The number of hydrogen-bond acceptors (Lipinski definition) is 5. The average molecular weight is 321 g/mol. The van der Waals surface area contributed by atoms with Crippen LogP contribution in [0.2, 0.25) is 0 Å². The lowest BCUT2D eigenvalue weighted by atomic mass is 9.96. The van der Waals surface area contributed by atoms with Gasteiger partial charge in [0.1, 0.15) is 5.82 Å². The molecule has 0 saturated heterocycles. The molecule has 24 heavy (non-hydrogen) atoms. The van der Waals surface area contributed by atoms with Gasteiger partial charge in [0.05, 0.1) is 35.4 Å². The third kappa shape index (κ3) is 2.77. The Kier molecular flexibility index (Phi) is 4.12. The molecule has 3 aromatic rings. The van der Waals surface area contributed by atoms with Crippen LogP contribution in [-0.4, -0.2) is 25.5 Å². The van der Waals surface area contributed by atoms with Crippen molar-refractivity contribution in [3.8, 4) is 11.9 Å². The van der Waals surface area contributed by atoms with Gasteiger partial charge in [0.2, 0.25) is 0 Å². The molecule has 0 aliphatic rings. The van der Waals surface area contributed by atoms with Crippen molar-refractivity contribution in [2.75, 3.05) is 0 Å². The number of nitrogens with zero attached hydrogens (tertiary/aromatic N) is 5. The minimum Gasteiger partial charge on any atom is -0.292 e. The molecule has 3 aromatic heterocycles. The maximum absolute atomic E-state index is 13.0. The Morgan fingerprint density at radius 3 is 2.71 bits per heavy atom. The number of carbonyl (C=O) groups excluding carboxylic acids is 1. The molecule has 118 valence electrons. The van der Waals surface area contributed by atoms with Crippen LogP contribution in [-0.2, 0) is 0 Å². The summed E-state index contributed by atoms with van der Waals surface area (Å²) < 4.78 is 14.5. The number of ketones is 1. The van der Waals surface area contributed by atoms with Gasteiger partial charge in [-0.3, -0.25) is 9.78 Å². The Morgan fingerprint density at radius 1 is 1.25 bits per heavy atom. The monoisotopic (exact) mass is 321 g/mol. The lowest BCUT2D eigenvalue weighted by Gasteiger charge is -2.08. The van der Waals surface area contributed by atoms with Crippen molar-refractivity contribution in [2.45, 2.75) is 12.8 Å². The topological polar surface area (TPSA) is 84.5 Å². The van der Waals surface area contributed by atoms with Crippen molar-refractivity contribution in [3.63, 3.8) is 0 Å². The predicted molar refractivity (Wildman–Crippen MR) is 83.0 cm³/mol. The van der Waals surface area contributed by atoms with Crippen molar-refractivity contribution in [1.82, 2.24) is 19.7 Å². The molecule has 0 spiro atoms.